The van der Waals surface area contributed by atoms with Gasteiger partial charge in [-0.2, -0.15) is 0 Å². The second-order valence-electron chi connectivity index (χ2n) is 5.90. The average molecular weight is 357 g/mol. The highest BCUT2D eigenvalue weighted by Crippen LogP contribution is 2.29. The Labute approximate surface area is 150 Å². The molecule has 0 saturated carbocycles. The maximum Gasteiger partial charge on any atom is 0.257 e. The molecule has 0 unspecified atom stereocenters. The molecule has 0 aromatic heterocycles. The van der Waals surface area contributed by atoms with Gasteiger partial charge < -0.3 is 10.2 Å². The molecule has 1 aliphatic heterocycles. The van der Waals surface area contributed by atoms with E-state index in [4.69, 9.17) is 11.6 Å². The minimum atomic E-state index is -0.332. The summed E-state index contributed by atoms with van der Waals surface area (Å²) in [5.41, 5.74) is 2.06. The number of halogens is 1. The fourth-order valence-electron chi connectivity index (χ4n) is 2.81. The predicted molar refractivity (Wildman–Crippen MR) is 97.4 cm³/mol. The molecule has 128 valence electrons. The summed E-state index contributed by atoms with van der Waals surface area (Å²) in [6.45, 7) is 2.06. The fourth-order valence-corrected chi connectivity index (χ4v) is 2.98. The van der Waals surface area contributed by atoms with Crippen LogP contribution in [-0.4, -0.2) is 24.1 Å². The predicted octanol–water partition coefficient (Wildman–Crippen LogP) is 3.92. The summed E-state index contributed by atoms with van der Waals surface area (Å²) in [6.07, 6.45) is 1.24. The molecule has 0 aliphatic carbocycles. The van der Waals surface area contributed by atoms with Gasteiger partial charge >= 0.3 is 0 Å². The highest BCUT2D eigenvalue weighted by atomic mass is 35.5. The number of Topliss-reactive ketones (excluding diaryl/α,β-unsaturated/α-hetero) is 1. The SMILES string of the molecule is CC(=O)c1ccc(NC(=O)c2ccc(Cl)cc2N2CCCC2=O)cc1. The van der Waals surface area contributed by atoms with E-state index in [0.717, 1.165) is 6.42 Å². The Kier molecular flexibility index (Phi) is 4.86. The molecule has 6 heteroatoms. The van der Waals surface area contributed by atoms with Crippen molar-refractivity contribution < 1.29 is 14.4 Å². The van der Waals surface area contributed by atoms with Gasteiger partial charge in [0.05, 0.1) is 11.3 Å². The number of benzene rings is 2. The zero-order valence-corrected chi connectivity index (χ0v) is 14.5. The number of rotatable bonds is 4. The molecule has 1 N–H and O–H groups in total. The maximum absolute atomic E-state index is 12.7. The first-order valence-corrected chi connectivity index (χ1v) is 8.36. The van der Waals surface area contributed by atoms with Crippen LogP contribution in [0.2, 0.25) is 5.02 Å². The summed E-state index contributed by atoms with van der Waals surface area (Å²) in [4.78, 5) is 37.6. The molecule has 0 atom stereocenters. The van der Waals surface area contributed by atoms with E-state index in [-0.39, 0.29) is 17.6 Å². The lowest BCUT2D eigenvalue weighted by Crippen LogP contribution is -2.27. The van der Waals surface area contributed by atoms with E-state index in [1.807, 2.05) is 0 Å². The van der Waals surface area contributed by atoms with Crippen LogP contribution in [0.3, 0.4) is 0 Å². The van der Waals surface area contributed by atoms with E-state index in [9.17, 15) is 14.4 Å². The van der Waals surface area contributed by atoms with E-state index in [1.165, 1.54) is 6.92 Å². The third kappa shape index (κ3) is 3.72. The zero-order valence-electron chi connectivity index (χ0n) is 13.7. The van der Waals surface area contributed by atoms with Crippen LogP contribution in [0, 0.1) is 0 Å². The van der Waals surface area contributed by atoms with Crippen LogP contribution in [0.1, 0.15) is 40.5 Å². The van der Waals surface area contributed by atoms with Gasteiger partial charge in [0.1, 0.15) is 0 Å². The van der Waals surface area contributed by atoms with Crippen molar-refractivity contribution in [2.75, 3.05) is 16.8 Å². The van der Waals surface area contributed by atoms with Gasteiger partial charge in [-0.3, -0.25) is 14.4 Å². The Morgan fingerprint density at radius 3 is 2.44 bits per heavy atom. The van der Waals surface area contributed by atoms with E-state index in [0.29, 0.717) is 40.5 Å². The summed E-state index contributed by atoms with van der Waals surface area (Å²) < 4.78 is 0. The van der Waals surface area contributed by atoms with Crippen molar-refractivity contribution in [1.82, 2.24) is 0 Å². The smallest absolute Gasteiger partial charge is 0.257 e. The van der Waals surface area contributed by atoms with E-state index in [1.54, 1.807) is 47.4 Å². The number of hydrogen-bond donors (Lipinski definition) is 1. The van der Waals surface area contributed by atoms with Crippen LogP contribution in [0.25, 0.3) is 0 Å². The standard InChI is InChI=1S/C19H17ClN2O3/c1-12(23)13-4-7-15(8-5-13)21-19(25)16-9-6-14(20)11-17(16)22-10-2-3-18(22)24/h4-9,11H,2-3,10H2,1H3,(H,21,25). The fraction of sp³-hybridized carbons (Fsp3) is 0.211. The lowest BCUT2D eigenvalue weighted by Gasteiger charge is -2.19. The second-order valence-corrected chi connectivity index (χ2v) is 6.33. The zero-order chi connectivity index (χ0) is 18.0. The van der Waals surface area contributed by atoms with Gasteiger partial charge in [-0.1, -0.05) is 11.6 Å². The van der Waals surface area contributed by atoms with Crippen LogP contribution < -0.4 is 10.2 Å². The van der Waals surface area contributed by atoms with Crippen molar-refractivity contribution in [3.05, 3.63) is 58.6 Å². The molecule has 0 radical (unpaired) electrons. The van der Waals surface area contributed by atoms with Crippen LogP contribution in [0.4, 0.5) is 11.4 Å². The third-order valence-electron chi connectivity index (χ3n) is 4.12. The van der Waals surface area contributed by atoms with Gasteiger partial charge in [-0.15, -0.1) is 0 Å². The van der Waals surface area contributed by atoms with Gasteiger partial charge in [0, 0.05) is 29.2 Å². The summed E-state index contributed by atoms with van der Waals surface area (Å²) in [5, 5.41) is 3.26. The van der Waals surface area contributed by atoms with Gasteiger partial charge in [-0.25, -0.2) is 0 Å². The topological polar surface area (TPSA) is 66.5 Å². The lowest BCUT2D eigenvalue weighted by molar-refractivity contribution is -0.117. The number of amides is 2. The van der Waals surface area contributed by atoms with Crippen molar-refractivity contribution in [1.29, 1.82) is 0 Å². The molecule has 5 nitrogen and oxygen atoms in total. The summed E-state index contributed by atoms with van der Waals surface area (Å²) in [5.74, 6) is -0.380. The average Bonchev–Trinajstić information content (AvgIpc) is 3.01. The van der Waals surface area contributed by atoms with Crippen molar-refractivity contribution in [3.8, 4) is 0 Å². The largest absolute Gasteiger partial charge is 0.322 e. The van der Waals surface area contributed by atoms with Gasteiger partial charge in [-0.05, 0) is 55.8 Å². The number of ketones is 1. The molecule has 2 amide bonds. The van der Waals surface area contributed by atoms with Crippen molar-refractivity contribution in [2.24, 2.45) is 0 Å². The molecule has 0 bridgehead atoms. The van der Waals surface area contributed by atoms with Crippen molar-refractivity contribution >= 4 is 40.6 Å². The first kappa shape index (κ1) is 17.2. The van der Waals surface area contributed by atoms with E-state index < -0.39 is 0 Å². The van der Waals surface area contributed by atoms with Crippen molar-refractivity contribution in [3.63, 3.8) is 0 Å². The van der Waals surface area contributed by atoms with E-state index in [2.05, 4.69) is 5.32 Å². The van der Waals surface area contributed by atoms with Gasteiger partial charge in [0.15, 0.2) is 5.78 Å². The van der Waals surface area contributed by atoms with Crippen LogP contribution in [0.15, 0.2) is 42.5 Å². The number of carbonyl (C=O) groups is 3. The molecule has 2 aromatic rings. The molecule has 1 aliphatic rings. The Balaban J connectivity index is 1.86. The molecule has 1 fully saturated rings. The number of hydrogen-bond acceptors (Lipinski definition) is 3. The van der Waals surface area contributed by atoms with Gasteiger partial charge in [0.2, 0.25) is 5.91 Å². The van der Waals surface area contributed by atoms with Gasteiger partial charge in [0.25, 0.3) is 5.91 Å². The summed E-state index contributed by atoms with van der Waals surface area (Å²) in [6, 6.07) is 11.5. The van der Waals surface area contributed by atoms with Crippen LogP contribution >= 0.6 is 11.6 Å². The molecular formula is C19H17ClN2O3. The Hall–Kier alpha value is -2.66. The molecule has 1 saturated heterocycles. The summed E-state index contributed by atoms with van der Waals surface area (Å²) >= 11 is 6.05. The number of carbonyl (C=O) groups excluding carboxylic acids is 3. The Morgan fingerprint density at radius 1 is 1.12 bits per heavy atom. The molecule has 0 spiro atoms. The molecule has 2 aromatic carbocycles. The Morgan fingerprint density at radius 2 is 1.84 bits per heavy atom. The second kappa shape index (κ2) is 7.07. The minimum Gasteiger partial charge on any atom is -0.322 e. The quantitative estimate of drug-likeness (QED) is 0.844. The van der Waals surface area contributed by atoms with Crippen LogP contribution in [-0.2, 0) is 4.79 Å². The van der Waals surface area contributed by atoms with E-state index >= 15 is 0 Å². The maximum atomic E-state index is 12.7. The number of nitrogens with one attached hydrogen (secondary N) is 1. The van der Waals surface area contributed by atoms with Crippen LogP contribution in [0.5, 0.6) is 0 Å². The van der Waals surface area contributed by atoms with Crippen molar-refractivity contribution in [2.45, 2.75) is 19.8 Å². The summed E-state index contributed by atoms with van der Waals surface area (Å²) in [7, 11) is 0. The Bertz CT molecular complexity index is 846. The highest BCUT2D eigenvalue weighted by Gasteiger charge is 2.26. The first-order valence-electron chi connectivity index (χ1n) is 7.98. The number of nitrogens with zero attached hydrogens (tertiary/aromatic N) is 1. The molecule has 25 heavy (non-hydrogen) atoms. The number of anilines is 2. The lowest BCUT2D eigenvalue weighted by atomic mass is 10.1. The highest BCUT2D eigenvalue weighted by molar-refractivity contribution is 6.31. The normalized spacial score (nSPS) is 13.8. The molecular weight excluding hydrogens is 340 g/mol. The first-order chi connectivity index (χ1) is 12.0. The molecule has 1 heterocycles. The molecule has 3 rings (SSSR count). The third-order valence-corrected chi connectivity index (χ3v) is 4.35. The monoisotopic (exact) mass is 356 g/mol. The minimum absolute atomic E-state index is 0.0119.